The second kappa shape index (κ2) is 7.75. The number of fused-ring (bicyclic) bond motifs is 1. The van der Waals surface area contributed by atoms with E-state index in [1.807, 2.05) is 36.9 Å². The molecule has 0 atom stereocenters. The van der Waals surface area contributed by atoms with Crippen molar-refractivity contribution in [2.24, 2.45) is 0 Å². The number of carbonyl (C=O) groups is 1. The molecule has 0 unspecified atom stereocenters. The van der Waals surface area contributed by atoms with E-state index in [1.54, 1.807) is 0 Å². The minimum Gasteiger partial charge on any atom is -0.361 e. The van der Waals surface area contributed by atoms with Gasteiger partial charge >= 0.3 is 0 Å². The zero-order valence-electron chi connectivity index (χ0n) is 14.3. The van der Waals surface area contributed by atoms with Crippen LogP contribution in [0, 0.1) is 6.92 Å². The summed E-state index contributed by atoms with van der Waals surface area (Å²) in [4.78, 5) is 16.1. The number of nitrogens with one attached hydrogen (secondary N) is 1. The number of hydrogen-bond acceptors (Lipinski definition) is 3. The first kappa shape index (κ1) is 16.9. The molecule has 0 spiro atoms. The van der Waals surface area contributed by atoms with Crippen LogP contribution in [0.3, 0.4) is 0 Å². The number of para-hydroxylation sites is 2. The van der Waals surface area contributed by atoms with E-state index in [9.17, 15) is 4.79 Å². The monoisotopic (exact) mass is 340 g/mol. The van der Waals surface area contributed by atoms with Crippen molar-refractivity contribution >= 4 is 29.0 Å². The lowest BCUT2D eigenvalue weighted by Gasteiger charge is -2.24. The third-order valence-electron chi connectivity index (χ3n) is 4.37. The molecule has 1 aliphatic rings. The van der Waals surface area contributed by atoms with Crippen LogP contribution in [0.1, 0.15) is 24.5 Å². The van der Waals surface area contributed by atoms with Gasteiger partial charge in [0.05, 0.1) is 12.2 Å². The number of anilines is 2. The maximum Gasteiger partial charge on any atom is 0.243 e. The van der Waals surface area contributed by atoms with Gasteiger partial charge in [0.15, 0.2) is 0 Å². The van der Waals surface area contributed by atoms with E-state index in [4.69, 9.17) is 0 Å². The maximum atomic E-state index is 12.7. The van der Waals surface area contributed by atoms with Gasteiger partial charge in [0, 0.05) is 17.1 Å². The van der Waals surface area contributed by atoms with Crippen molar-refractivity contribution in [3.8, 4) is 0 Å². The SMILES string of the molecule is CCc1cccc(C)c1NC(=O)CN1CCCSc2ccccc21. The molecule has 4 heteroatoms. The molecule has 0 saturated heterocycles. The van der Waals surface area contributed by atoms with Crippen LogP contribution in [-0.2, 0) is 11.2 Å². The van der Waals surface area contributed by atoms with Crippen LogP contribution in [0.2, 0.25) is 0 Å². The van der Waals surface area contributed by atoms with Crippen molar-refractivity contribution < 1.29 is 4.79 Å². The average molecular weight is 340 g/mol. The van der Waals surface area contributed by atoms with Gasteiger partial charge in [-0.25, -0.2) is 0 Å². The third kappa shape index (κ3) is 3.75. The van der Waals surface area contributed by atoms with E-state index in [0.717, 1.165) is 36.4 Å². The molecule has 2 aromatic rings. The summed E-state index contributed by atoms with van der Waals surface area (Å²) in [6.45, 7) is 5.49. The molecule has 3 rings (SSSR count). The molecule has 2 aromatic carbocycles. The summed E-state index contributed by atoms with van der Waals surface area (Å²) in [5, 5.41) is 3.14. The standard InChI is InChI=1S/C20H24N2OS/c1-3-16-9-6-8-15(2)20(16)21-19(23)14-22-12-7-13-24-18-11-5-4-10-17(18)22/h4-6,8-11H,3,7,12-14H2,1-2H3,(H,21,23). The summed E-state index contributed by atoms with van der Waals surface area (Å²) >= 11 is 1.88. The van der Waals surface area contributed by atoms with Crippen molar-refractivity contribution in [2.45, 2.75) is 31.6 Å². The van der Waals surface area contributed by atoms with Gasteiger partial charge in [-0.05, 0) is 48.8 Å². The van der Waals surface area contributed by atoms with Crippen molar-refractivity contribution in [3.63, 3.8) is 0 Å². The second-order valence-electron chi connectivity index (χ2n) is 6.10. The van der Waals surface area contributed by atoms with Gasteiger partial charge in [0.25, 0.3) is 0 Å². The summed E-state index contributed by atoms with van der Waals surface area (Å²) in [5.41, 5.74) is 4.46. The lowest BCUT2D eigenvalue weighted by atomic mass is 10.1. The predicted octanol–water partition coefficient (Wildman–Crippen LogP) is 4.50. The Kier molecular flexibility index (Phi) is 5.46. The number of rotatable bonds is 4. The Morgan fingerprint density at radius 3 is 2.88 bits per heavy atom. The number of hydrogen-bond donors (Lipinski definition) is 1. The number of benzene rings is 2. The first-order chi connectivity index (χ1) is 11.7. The van der Waals surface area contributed by atoms with Gasteiger partial charge in [0.1, 0.15) is 0 Å². The highest BCUT2D eigenvalue weighted by atomic mass is 32.2. The molecule has 24 heavy (non-hydrogen) atoms. The highest BCUT2D eigenvalue weighted by Crippen LogP contribution is 2.33. The summed E-state index contributed by atoms with van der Waals surface area (Å²) in [6, 6.07) is 14.6. The van der Waals surface area contributed by atoms with E-state index >= 15 is 0 Å². The minimum atomic E-state index is 0.0562. The quantitative estimate of drug-likeness (QED) is 0.889. The molecule has 1 amide bonds. The van der Waals surface area contributed by atoms with Crippen molar-refractivity contribution in [1.29, 1.82) is 0 Å². The molecule has 0 aromatic heterocycles. The Balaban J connectivity index is 1.76. The van der Waals surface area contributed by atoms with E-state index in [0.29, 0.717) is 6.54 Å². The molecular formula is C20H24N2OS. The number of amides is 1. The first-order valence-electron chi connectivity index (χ1n) is 8.54. The lowest BCUT2D eigenvalue weighted by Crippen LogP contribution is -2.34. The van der Waals surface area contributed by atoms with Gasteiger partial charge in [-0.15, -0.1) is 11.8 Å². The van der Waals surface area contributed by atoms with Crippen molar-refractivity contribution in [2.75, 3.05) is 29.1 Å². The first-order valence-corrected chi connectivity index (χ1v) is 9.52. The molecule has 1 aliphatic heterocycles. The summed E-state index contributed by atoms with van der Waals surface area (Å²) < 4.78 is 0. The number of nitrogens with zero attached hydrogens (tertiary/aromatic N) is 1. The highest BCUT2D eigenvalue weighted by molar-refractivity contribution is 7.99. The van der Waals surface area contributed by atoms with Gasteiger partial charge in [0.2, 0.25) is 5.91 Å². The molecular weight excluding hydrogens is 316 g/mol. The van der Waals surface area contributed by atoms with Crippen molar-refractivity contribution in [3.05, 3.63) is 53.6 Å². The molecule has 0 aliphatic carbocycles. The van der Waals surface area contributed by atoms with Crippen LogP contribution in [0.15, 0.2) is 47.4 Å². The molecule has 0 fully saturated rings. The fourth-order valence-corrected chi connectivity index (χ4v) is 4.13. The van der Waals surface area contributed by atoms with Gasteiger partial charge in [-0.3, -0.25) is 4.79 Å². The number of carbonyl (C=O) groups excluding carboxylic acids is 1. The van der Waals surface area contributed by atoms with Crippen LogP contribution < -0.4 is 10.2 Å². The third-order valence-corrected chi connectivity index (χ3v) is 5.52. The van der Waals surface area contributed by atoms with Gasteiger partial charge in [-0.2, -0.15) is 0 Å². The summed E-state index contributed by atoms with van der Waals surface area (Å²) in [7, 11) is 0. The highest BCUT2D eigenvalue weighted by Gasteiger charge is 2.18. The topological polar surface area (TPSA) is 32.3 Å². The fourth-order valence-electron chi connectivity index (χ4n) is 3.12. The van der Waals surface area contributed by atoms with Crippen LogP contribution in [0.25, 0.3) is 0 Å². The zero-order chi connectivity index (χ0) is 16.9. The molecule has 0 bridgehead atoms. The fraction of sp³-hybridized carbons (Fsp3) is 0.350. The Bertz CT molecular complexity index is 729. The predicted molar refractivity (Wildman–Crippen MR) is 103 cm³/mol. The maximum absolute atomic E-state index is 12.7. The molecule has 3 nitrogen and oxygen atoms in total. The van der Waals surface area contributed by atoms with Crippen molar-refractivity contribution in [1.82, 2.24) is 0 Å². The average Bonchev–Trinajstić information content (AvgIpc) is 2.79. The van der Waals surface area contributed by atoms with Crippen LogP contribution in [0.4, 0.5) is 11.4 Å². The van der Waals surface area contributed by atoms with E-state index in [-0.39, 0.29) is 5.91 Å². The largest absolute Gasteiger partial charge is 0.361 e. The molecule has 0 saturated carbocycles. The second-order valence-corrected chi connectivity index (χ2v) is 7.24. The van der Waals surface area contributed by atoms with Crippen LogP contribution in [0.5, 0.6) is 0 Å². The summed E-state index contributed by atoms with van der Waals surface area (Å²) in [5.74, 6) is 1.16. The number of aryl methyl sites for hydroxylation is 2. The van der Waals surface area contributed by atoms with Crippen LogP contribution in [-0.4, -0.2) is 24.7 Å². The minimum absolute atomic E-state index is 0.0562. The van der Waals surface area contributed by atoms with E-state index < -0.39 is 0 Å². The Morgan fingerprint density at radius 1 is 1.21 bits per heavy atom. The Labute approximate surface area is 148 Å². The van der Waals surface area contributed by atoms with E-state index in [2.05, 4.69) is 41.4 Å². The molecule has 1 heterocycles. The lowest BCUT2D eigenvalue weighted by molar-refractivity contribution is -0.115. The van der Waals surface area contributed by atoms with E-state index in [1.165, 1.54) is 16.1 Å². The number of thioether (sulfide) groups is 1. The Hall–Kier alpha value is -1.94. The Morgan fingerprint density at radius 2 is 2.04 bits per heavy atom. The molecule has 0 radical (unpaired) electrons. The smallest absolute Gasteiger partial charge is 0.243 e. The van der Waals surface area contributed by atoms with Gasteiger partial charge < -0.3 is 10.2 Å². The summed E-state index contributed by atoms with van der Waals surface area (Å²) in [6.07, 6.45) is 2.01. The van der Waals surface area contributed by atoms with Gasteiger partial charge in [-0.1, -0.05) is 37.3 Å². The normalized spacial score (nSPS) is 14.0. The molecule has 126 valence electrons. The zero-order valence-corrected chi connectivity index (χ0v) is 15.2. The molecule has 1 N–H and O–H groups in total. The van der Waals surface area contributed by atoms with Crippen LogP contribution >= 0.6 is 11.8 Å².